The van der Waals surface area contributed by atoms with Crippen molar-refractivity contribution >= 4 is 17.5 Å². The van der Waals surface area contributed by atoms with Crippen molar-refractivity contribution in [3.05, 3.63) is 34.9 Å². The number of halogens is 1. The Labute approximate surface area is 118 Å². The van der Waals surface area contributed by atoms with Gasteiger partial charge in [0, 0.05) is 31.2 Å². The summed E-state index contributed by atoms with van der Waals surface area (Å²) in [5.41, 5.74) is 0.961. The molecule has 1 heterocycles. The van der Waals surface area contributed by atoms with Gasteiger partial charge in [0.15, 0.2) is 0 Å². The summed E-state index contributed by atoms with van der Waals surface area (Å²) >= 11 is 6.13. The van der Waals surface area contributed by atoms with Crippen LogP contribution in [0.25, 0.3) is 0 Å². The minimum atomic E-state index is -0.379. The van der Waals surface area contributed by atoms with E-state index in [1.165, 1.54) is 0 Å². The second-order valence-corrected chi connectivity index (χ2v) is 4.91. The molecule has 2 rings (SSSR count). The molecule has 0 spiro atoms. The Kier molecular flexibility index (Phi) is 5.19. The molecule has 19 heavy (non-hydrogen) atoms. The van der Waals surface area contributed by atoms with Crippen molar-refractivity contribution in [2.75, 3.05) is 26.2 Å². The normalized spacial score (nSPS) is 19.2. The largest absolute Gasteiger partial charge is 0.366 e. The Morgan fingerprint density at radius 3 is 2.95 bits per heavy atom. The maximum absolute atomic E-state index is 12.4. The highest BCUT2D eigenvalue weighted by atomic mass is 35.5. The predicted octanol–water partition coefficient (Wildman–Crippen LogP) is 1.68. The Bertz CT molecular complexity index is 433. The lowest BCUT2D eigenvalue weighted by atomic mass is 10.2. The Balaban J connectivity index is 2.03. The molecule has 1 amide bonds. The van der Waals surface area contributed by atoms with Crippen LogP contribution in [0.4, 0.5) is 0 Å². The first-order valence-electron chi connectivity index (χ1n) is 6.57. The highest BCUT2D eigenvalue weighted by molar-refractivity contribution is 6.31. The number of morpholine rings is 1. The van der Waals surface area contributed by atoms with Crippen LogP contribution in [-0.4, -0.2) is 43.2 Å². The highest BCUT2D eigenvalue weighted by Gasteiger charge is 2.26. The zero-order chi connectivity index (χ0) is 13.7. The number of hydrogen-bond acceptors (Lipinski definition) is 3. The SMILES string of the molecule is CCN(Cc1ccccc1Cl)C(=O)C1CNCCO1. The monoisotopic (exact) mass is 282 g/mol. The summed E-state index contributed by atoms with van der Waals surface area (Å²) in [4.78, 5) is 14.1. The van der Waals surface area contributed by atoms with Crippen LogP contribution in [0.15, 0.2) is 24.3 Å². The van der Waals surface area contributed by atoms with E-state index in [2.05, 4.69) is 5.32 Å². The Hall–Kier alpha value is -1.10. The van der Waals surface area contributed by atoms with Crippen LogP contribution in [0.2, 0.25) is 5.02 Å². The lowest BCUT2D eigenvalue weighted by molar-refractivity contribution is -0.145. The molecule has 1 N–H and O–H groups in total. The molecule has 0 aliphatic carbocycles. The zero-order valence-electron chi connectivity index (χ0n) is 11.1. The van der Waals surface area contributed by atoms with E-state index in [9.17, 15) is 4.79 Å². The highest BCUT2D eigenvalue weighted by Crippen LogP contribution is 2.17. The molecule has 4 nitrogen and oxygen atoms in total. The van der Waals surface area contributed by atoms with E-state index in [4.69, 9.17) is 16.3 Å². The number of ether oxygens (including phenoxy) is 1. The van der Waals surface area contributed by atoms with E-state index >= 15 is 0 Å². The number of nitrogens with zero attached hydrogens (tertiary/aromatic N) is 1. The van der Waals surface area contributed by atoms with E-state index in [1.54, 1.807) is 4.90 Å². The van der Waals surface area contributed by atoms with Gasteiger partial charge in [-0.3, -0.25) is 4.79 Å². The van der Waals surface area contributed by atoms with Crippen LogP contribution < -0.4 is 5.32 Å². The van der Waals surface area contributed by atoms with Gasteiger partial charge in [0.1, 0.15) is 6.10 Å². The molecular weight excluding hydrogens is 264 g/mol. The quantitative estimate of drug-likeness (QED) is 0.914. The first-order chi connectivity index (χ1) is 9.22. The van der Waals surface area contributed by atoms with Gasteiger partial charge in [0.05, 0.1) is 6.61 Å². The minimum Gasteiger partial charge on any atom is -0.366 e. The van der Waals surface area contributed by atoms with Gasteiger partial charge in [-0.15, -0.1) is 0 Å². The van der Waals surface area contributed by atoms with E-state index in [0.717, 1.165) is 12.1 Å². The molecule has 0 radical (unpaired) electrons. The average molecular weight is 283 g/mol. The molecule has 0 bridgehead atoms. The molecule has 0 saturated carbocycles. The fourth-order valence-electron chi connectivity index (χ4n) is 2.11. The van der Waals surface area contributed by atoms with Gasteiger partial charge in [-0.05, 0) is 18.6 Å². The van der Waals surface area contributed by atoms with Crippen LogP contribution in [-0.2, 0) is 16.1 Å². The number of rotatable bonds is 4. The van der Waals surface area contributed by atoms with Crippen molar-refractivity contribution in [2.45, 2.75) is 19.6 Å². The van der Waals surface area contributed by atoms with Gasteiger partial charge >= 0.3 is 0 Å². The number of amides is 1. The van der Waals surface area contributed by atoms with Crippen molar-refractivity contribution in [1.29, 1.82) is 0 Å². The summed E-state index contributed by atoms with van der Waals surface area (Å²) in [5, 5.41) is 3.86. The third-order valence-electron chi connectivity index (χ3n) is 3.22. The van der Waals surface area contributed by atoms with Gasteiger partial charge in [-0.25, -0.2) is 0 Å². The number of likely N-dealkylation sites (N-methyl/N-ethyl adjacent to an activating group) is 1. The van der Waals surface area contributed by atoms with Crippen molar-refractivity contribution in [2.24, 2.45) is 0 Å². The summed E-state index contributed by atoms with van der Waals surface area (Å²) < 4.78 is 5.50. The third kappa shape index (κ3) is 3.69. The summed E-state index contributed by atoms with van der Waals surface area (Å²) in [6, 6.07) is 7.60. The van der Waals surface area contributed by atoms with E-state index in [-0.39, 0.29) is 12.0 Å². The maximum atomic E-state index is 12.4. The lowest BCUT2D eigenvalue weighted by Gasteiger charge is -2.29. The van der Waals surface area contributed by atoms with Crippen molar-refractivity contribution in [3.63, 3.8) is 0 Å². The Morgan fingerprint density at radius 1 is 1.53 bits per heavy atom. The summed E-state index contributed by atoms with van der Waals surface area (Å²) in [5.74, 6) is 0.0228. The van der Waals surface area contributed by atoms with Crippen molar-refractivity contribution in [1.82, 2.24) is 10.2 Å². The van der Waals surface area contributed by atoms with Crippen molar-refractivity contribution < 1.29 is 9.53 Å². The van der Waals surface area contributed by atoms with Crippen LogP contribution >= 0.6 is 11.6 Å². The van der Waals surface area contributed by atoms with Crippen LogP contribution in [0.1, 0.15) is 12.5 Å². The zero-order valence-corrected chi connectivity index (χ0v) is 11.8. The number of hydrogen-bond donors (Lipinski definition) is 1. The topological polar surface area (TPSA) is 41.6 Å². The molecule has 1 aromatic carbocycles. The second-order valence-electron chi connectivity index (χ2n) is 4.51. The first-order valence-corrected chi connectivity index (χ1v) is 6.94. The smallest absolute Gasteiger partial charge is 0.253 e. The average Bonchev–Trinajstić information content (AvgIpc) is 2.47. The minimum absolute atomic E-state index is 0.0228. The van der Waals surface area contributed by atoms with E-state index in [1.807, 2.05) is 31.2 Å². The molecule has 1 unspecified atom stereocenters. The third-order valence-corrected chi connectivity index (χ3v) is 3.58. The van der Waals surface area contributed by atoms with Gasteiger partial charge in [0.25, 0.3) is 5.91 Å². The molecule has 1 atom stereocenters. The Morgan fingerprint density at radius 2 is 2.32 bits per heavy atom. The van der Waals surface area contributed by atoms with E-state index in [0.29, 0.717) is 31.3 Å². The molecule has 1 fully saturated rings. The number of nitrogens with one attached hydrogen (secondary N) is 1. The second kappa shape index (κ2) is 6.89. The predicted molar refractivity (Wildman–Crippen MR) is 75.2 cm³/mol. The van der Waals surface area contributed by atoms with Crippen molar-refractivity contribution in [3.8, 4) is 0 Å². The fraction of sp³-hybridized carbons (Fsp3) is 0.500. The molecular formula is C14H19ClN2O2. The summed E-state index contributed by atoms with van der Waals surface area (Å²) in [7, 11) is 0. The molecule has 1 aliphatic heterocycles. The van der Waals surface area contributed by atoms with Gasteiger partial charge in [0.2, 0.25) is 0 Å². The molecule has 1 saturated heterocycles. The molecule has 104 valence electrons. The van der Waals surface area contributed by atoms with Crippen LogP contribution in [0, 0.1) is 0 Å². The van der Waals surface area contributed by atoms with Gasteiger partial charge < -0.3 is 15.0 Å². The van der Waals surface area contributed by atoms with E-state index < -0.39 is 0 Å². The lowest BCUT2D eigenvalue weighted by Crippen LogP contribution is -2.49. The van der Waals surface area contributed by atoms with Crippen LogP contribution in [0.5, 0.6) is 0 Å². The molecule has 1 aliphatic rings. The number of carbonyl (C=O) groups excluding carboxylic acids is 1. The summed E-state index contributed by atoms with van der Waals surface area (Å²) in [6.07, 6.45) is -0.379. The van der Waals surface area contributed by atoms with Gasteiger partial charge in [-0.1, -0.05) is 29.8 Å². The standard InChI is InChI=1S/C14H19ClN2O2/c1-2-17(10-11-5-3-4-6-12(11)15)14(18)13-9-16-7-8-19-13/h3-6,13,16H,2,7-10H2,1H3. The summed E-state index contributed by atoms with van der Waals surface area (Å²) in [6.45, 7) is 5.10. The fourth-order valence-corrected chi connectivity index (χ4v) is 2.30. The van der Waals surface area contributed by atoms with Gasteiger partial charge in [-0.2, -0.15) is 0 Å². The maximum Gasteiger partial charge on any atom is 0.253 e. The molecule has 1 aromatic rings. The number of carbonyl (C=O) groups is 1. The molecule has 5 heteroatoms. The number of benzene rings is 1. The van der Waals surface area contributed by atoms with Crippen LogP contribution in [0.3, 0.4) is 0 Å². The molecule has 0 aromatic heterocycles. The first kappa shape index (κ1) is 14.3.